The predicted molar refractivity (Wildman–Crippen MR) is 91.2 cm³/mol. The average Bonchev–Trinajstić information content (AvgIpc) is 2.67. The van der Waals surface area contributed by atoms with E-state index in [0.29, 0.717) is 50.1 Å². The average molecular weight is 363 g/mol. The van der Waals surface area contributed by atoms with Crippen LogP contribution in [0.5, 0.6) is 11.5 Å². The van der Waals surface area contributed by atoms with Crippen molar-refractivity contribution in [3.05, 3.63) is 18.2 Å². The zero-order valence-corrected chi connectivity index (χ0v) is 14.5. The molecule has 140 valence electrons. The highest BCUT2D eigenvalue weighted by atomic mass is 16.6. The molecule has 0 aromatic heterocycles. The maximum absolute atomic E-state index is 12.3. The van der Waals surface area contributed by atoms with Gasteiger partial charge in [-0.1, -0.05) is 0 Å². The predicted octanol–water partition coefficient (Wildman–Crippen LogP) is 0.697. The maximum Gasteiger partial charge on any atom is 0.409 e. The highest BCUT2D eigenvalue weighted by Crippen LogP contribution is 2.32. The summed E-state index contributed by atoms with van der Waals surface area (Å²) in [6.45, 7) is 4.20. The van der Waals surface area contributed by atoms with E-state index in [1.165, 1.54) is 9.80 Å². The Morgan fingerprint density at radius 2 is 1.69 bits per heavy atom. The number of ether oxygens (including phenoxy) is 3. The fourth-order valence-corrected chi connectivity index (χ4v) is 2.76. The second-order valence-electron chi connectivity index (χ2n) is 5.79. The van der Waals surface area contributed by atoms with Crippen molar-refractivity contribution in [3.63, 3.8) is 0 Å². The van der Waals surface area contributed by atoms with Crippen LogP contribution < -0.4 is 14.8 Å². The minimum absolute atomic E-state index is 0.284. The van der Waals surface area contributed by atoms with Gasteiger partial charge in [-0.2, -0.15) is 0 Å². The molecule has 0 spiro atoms. The van der Waals surface area contributed by atoms with Gasteiger partial charge in [-0.25, -0.2) is 4.79 Å². The Labute approximate surface area is 150 Å². The molecule has 3 amide bonds. The van der Waals surface area contributed by atoms with Gasteiger partial charge in [-0.3, -0.25) is 9.59 Å². The Kier molecular flexibility index (Phi) is 5.45. The summed E-state index contributed by atoms with van der Waals surface area (Å²) in [5.74, 6) is -0.227. The van der Waals surface area contributed by atoms with Crippen LogP contribution in [0.2, 0.25) is 0 Å². The van der Waals surface area contributed by atoms with Crippen molar-refractivity contribution in [3.8, 4) is 11.5 Å². The molecule has 0 unspecified atom stereocenters. The first-order valence-corrected chi connectivity index (χ1v) is 8.50. The second kappa shape index (κ2) is 7.94. The van der Waals surface area contributed by atoms with Gasteiger partial charge in [-0.15, -0.1) is 0 Å². The third-order valence-electron chi connectivity index (χ3n) is 4.09. The van der Waals surface area contributed by atoms with Crippen LogP contribution in [0.25, 0.3) is 0 Å². The summed E-state index contributed by atoms with van der Waals surface area (Å²) < 4.78 is 15.8. The molecule has 2 aliphatic rings. The first-order valence-electron chi connectivity index (χ1n) is 8.50. The largest absolute Gasteiger partial charge is 0.486 e. The number of piperazine rings is 1. The van der Waals surface area contributed by atoms with Crippen molar-refractivity contribution in [2.45, 2.75) is 6.92 Å². The lowest BCUT2D eigenvalue weighted by atomic mass is 10.2. The zero-order valence-electron chi connectivity index (χ0n) is 14.5. The maximum atomic E-state index is 12.3. The SMILES string of the molecule is CCOC(=O)N1CCN(C(=O)C(=O)Nc2ccc3c(c2)OCCO3)CC1. The molecule has 26 heavy (non-hydrogen) atoms. The molecule has 1 saturated heterocycles. The van der Waals surface area contributed by atoms with Crippen LogP contribution in [0, 0.1) is 0 Å². The van der Waals surface area contributed by atoms with Crippen molar-refractivity contribution < 1.29 is 28.6 Å². The molecule has 0 saturated carbocycles. The number of carbonyl (C=O) groups excluding carboxylic acids is 3. The highest BCUT2D eigenvalue weighted by molar-refractivity contribution is 6.39. The number of anilines is 1. The number of hydrogen-bond donors (Lipinski definition) is 1. The summed E-state index contributed by atoms with van der Waals surface area (Å²) in [5.41, 5.74) is 0.456. The summed E-state index contributed by atoms with van der Waals surface area (Å²) in [6, 6.07) is 4.96. The quantitative estimate of drug-likeness (QED) is 0.777. The van der Waals surface area contributed by atoms with E-state index in [4.69, 9.17) is 14.2 Å². The van der Waals surface area contributed by atoms with E-state index in [-0.39, 0.29) is 13.1 Å². The van der Waals surface area contributed by atoms with E-state index in [9.17, 15) is 14.4 Å². The minimum Gasteiger partial charge on any atom is -0.486 e. The molecule has 0 atom stereocenters. The minimum atomic E-state index is -0.730. The van der Waals surface area contributed by atoms with Crippen LogP contribution in [0.3, 0.4) is 0 Å². The molecule has 0 bridgehead atoms. The highest BCUT2D eigenvalue weighted by Gasteiger charge is 2.28. The normalized spacial score (nSPS) is 16.0. The van der Waals surface area contributed by atoms with Gasteiger partial charge in [0, 0.05) is 37.9 Å². The molecule has 9 heteroatoms. The van der Waals surface area contributed by atoms with Crippen LogP contribution in [0.15, 0.2) is 18.2 Å². The van der Waals surface area contributed by atoms with Gasteiger partial charge in [0.15, 0.2) is 11.5 Å². The van der Waals surface area contributed by atoms with E-state index >= 15 is 0 Å². The molecule has 1 fully saturated rings. The van der Waals surface area contributed by atoms with Crippen LogP contribution >= 0.6 is 0 Å². The van der Waals surface area contributed by atoms with E-state index in [1.54, 1.807) is 25.1 Å². The Balaban J connectivity index is 1.54. The molecule has 1 N–H and O–H groups in total. The molecular weight excluding hydrogens is 342 g/mol. The number of nitrogens with one attached hydrogen (secondary N) is 1. The van der Waals surface area contributed by atoms with Gasteiger partial charge in [0.1, 0.15) is 13.2 Å². The first-order chi connectivity index (χ1) is 12.6. The summed E-state index contributed by atoms with van der Waals surface area (Å²) in [5, 5.41) is 2.57. The first kappa shape index (κ1) is 17.8. The standard InChI is InChI=1S/C17H21N3O6/c1-2-24-17(23)20-7-5-19(6-8-20)16(22)15(21)18-12-3-4-13-14(11-12)26-10-9-25-13/h3-4,11H,2,5-10H2,1H3,(H,18,21). The van der Waals surface area contributed by atoms with Gasteiger partial charge >= 0.3 is 17.9 Å². The lowest BCUT2D eigenvalue weighted by Gasteiger charge is -2.33. The summed E-state index contributed by atoms with van der Waals surface area (Å²) >= 11 is 0. The number of rotatable bonds is 2. The lowest BCUT2D eigenvalue weighted by Crippen LogP contribution is -2.53. The third kappa shape index (κ3) is 3.98. The zero-order chi connectivity index (χ0) is 18.5. The van der Waals surface area contributed by atoms with Crippen molar-refractivity contribution in [1.29, 1.82) is 0 Å². The monoisotopic (exact) mass is 363 g/mol. The Hall–Kier alpha value is -2.97. The van der Waals surface area contributed by atoms with Gasteiger partial charge in [0.2, 0.25) is 0 Å². The van der Waals surface area contributed by atoms with Crippen LogP contribution in [0.4, 0.5) is 10.5 Å². The second-order valence-corrected chi connectivity index (χ2v) is 5.79. The van der Waals surface area contributed by atoms with Gasteiger partial charge in [0.05, 0.1) is 6.61 Å². The number of benzene rings is 1. The van der Waals surface area contributed by atoms with Crippen molar-refractivity contribution in [2.75, 3.05) is 51.3 Å². The van der Waals surface area contributed by atoms with Gasteiger partial charge in [-0.05, 0) is 19.1 Å². The molecule has 1 aromatic carbocycles. The molecule has 2 heterocycles. The lowest BCUT2D eigenvalue weighted by molar-refractivity contribution is -0.144. The summed E-state index contributed by atoms with van der Waals surface area (Å²) in [7, 11) is 0. The molecule has 3 rings (SSSR count). The molecular formula is C17H21N3O6. The Morgan fingerprint density at radius 1 is 1.04 bits per heavy atom. The fourth-order valence-electron chi connectivity index (χ4n) is 2.76. The third-order valence-corrected chi connectivity index (χ3v) is 4.09. The molecule has 1 aromatic rings. The van der Waals surface area contributed by atoms with E-state index in [0.717, 1.165) is 0 Å². The van der Waals surface area contributed by atoms with Crippen LogP contribution in [-0.4, -0.2) is 73.7 Å². The van der Waals surface area contributed by atoms with Crippen molar-refractivity contribution >= 4 is 23.6 Å². The molecule has 9 nitrogen and oxygen atoms in total. The molecule has 0 radical (unpaired) electrons. The van der Waals surface area contributed by atoms with E-state index < -0.39 is 17.9 Å². The number of amides is 3. The van der Waals surface area contributed by atoms with Crippen molar-refractivity contribution in [2.24, 2.45) is 0 Å². The Morgan fingerprint density at radius 3 is 2.38 bits per heavy atom. The van der Waals surface area contributed by atoms with Gasteiger partial charge in [0.25, 0.3) is 0 Å². The van der Waals surface area contributed by atoms with Crippen LogP contribution in [0.1, 0.15) is 6.92 Å². The Bertz CT molecular complexity index is 700. The number of hydrogen-bond acceptors (Lipinski definition) is 6. The van der Waals surface area contributed by atoms with Gasteiger partial charge < -0.3 is 29.3 Å². The van der Waals surface area contributed by atoms with E-state index in [2.05, 4.69) is 5.32 Å². The topological polar surface area (TPSA) is 97.4 Å². The molecule has 2 aliphatic heterocycles. The smallest absolute Gasteiger partial charge is 0.409 e. The van der Waals surface area contributed by atoms with E-state index in [1.807, 2.05) is 0 Å². The van der Waals surface area contributed by atoms with Crippen molar-refractivity contribution in [1.82, 2.24) is 9.80 Å². The summed E-state index contributed by atoms with van der Waals surface area (Å²) in [6.07, 6.45) is -0.402. The number of carbonyl (C=O) groups is 3. The summed E-state index contributed by atoms with van der Waals surface area (Å²) in [4.78, 5) is 39.1. The number of nitrogens with zero attached hydrogens (tertiary/aromatic N) is 2. The number of fused-ring (bicyclic) bond motifs is 1. The molecule has 0 aliphatic carbocycles. The van der Waals surface area contributed by atoms with Crippen LogP contribution in [-0.2, 0) is 14.3 Å². The fraction of sp³-hybridized carbons (Fsp3) is 0.471.